The van der Waals surface area contributed by atoms with E-state index in [1.54, 1.807) is 11.1 Å². The maximum Gasteiger partial charge on any atom is -0.00642 e. The molecule has 0 radical (unpaired) electrons. The van der Waals surface area contributed by atoms with E-state index < -0.39 is 0 Å². The van der Waals surface area contributed by atoms with Crippen LogP contribution >= 0.6 is 0 Å². The number of fused-ring (bicyclic) bond motifs is 3. The first-order valence-corrected chi connectivity index (χ1v) is 11.5. The van der Waals surface area contributed by atoms with Crippen LogP contribution in [0, 0.1) is 0 Å². The first-order valence-electron chi connectivity index (χ1n) is 11.5. The molecule has 0 aromatic heterocycles. The van der Waals surface area contributed by atoms with Gasteiger partial charge in [-0.3, -0.25) is 0 Å². The average molecular weight is 413 g/mol. The zero-order chi connectivity index (χ0) is 21.6. The Kier molecular flexibility index (Phi) is 6.12. The van der Waals surface area contributed by atoms with Crippen molar-refractivity contribution in [2.75, 3.05) is 0 Å². The molecule has 32 heavy (non-hydrogen) atoms. The van der Waals surface area contributed by atoms with Crippen LogP contribution in [0.25, 0.3) is 21.5 Å². The Morgan fingerprint density at radius 2 is 0.750 bits per heavy atom. The molecule has 0 nitrogen and oxygen atoms in total. The standard InChI is InChI=1S/C18H18.C14H10/c1-3-7-15(8-4-1)13-17-11-12-18(17)14-16-9-5-2-6-10-16;1-3-7-13-11(5-1)9-10-12-6-2-4-8-14(12)13/h1-10H,11-14H2;1-10H. The largest absolute Gasteiger partial charge is 0.0660 e. The minimum absolute atomic E-state index is 1.14. The molecule has 0 saturated heterocycles. The van der Waals surface area contributed by atoms with E-state index >= 15 is 0 Å². The summed E-state index contributed by atoms with van der Waals surface area (Å²) in [6, 6.07) is 43.0. The number of allylic oxidation sites excluding steroid dienone is 2. The van der Waals surface area contributed by atoms with Crippen LogP contribution in [-0.2, 0) is 12.8 Å². The summed E-state index contributed by atoms with van der Waals surface area (Å²) in [7, 11) is 0. The van der Waals surface area contributed by atoms with Gasteiger partial charge in [0.05, 0.1) is 0 Å². The van der Waals surface area contributed by atoms with Crippen molar-refractivity contribution >= 4 is 21.5 Å². The van der Waals surface area contributed by atoms with Crippen molar-refractivity contribution in [1.82, 2.24) is 0 Å². The molecule has 0 aliphatic heterocycles. The highest BCUT2D eigenvalue weighted by Crippen LogP contribution is 2.33. The highest BCUT2D eigenvalue weighted by atomic mass is 14.2. The topological polar surface area (TPSA) is 0 Å². The summed E-state index contributed by atoms with van der Waals surface area (Å²) >= 11 is 0. The average Bonchev–Trinajstić information content (AvgIpc) is 2.87. The quantitative estimate of drug-likeness (QED) is 0.205. The number of rotatable bonds is 4. The second-order valence-electron chi connectivity index (χ2n) is 8.54. The molecule has 0 bridgehead atoms. The monoisotopic (exact) mass is 412 g/mol. The van der Waals surface area contributed by atoms with Crippen LogP contribution in [0.15, 0.2) is 132 Å². The fourth-order valence-electron chi connectivity index (χ4n) is 4.54. The molecule has 0 saturated carbocycles. The van der Waals surface area contributed by atoms with E-state index in [4.69, 9.17) is 0 Å². The number of benzene rings is 5. The molecule has 5 aromatic carbocycles. The lowest BCUT2D eigenvalue weighted by atomic mass is 9.81. The number of hydrogen-bond donors (Lipinski definition) is 0. The second kappa shape index (κ2) is 9.66. The van der Waals surface area contributed by atoms with E-state index in [9.17, 15) is 0 Å². The van der Waals surface area contributed by atoms with Gasteiger partial charge in [0, 0.05) is 0 Å². The first-order chi connectivity index (χ1) is 15.9. The van der Waals surface area contributed by atoms with Crippen molar-refractivity contribution < 1.29 is 0 Å². The molecule has 0 fully saturated rings. The minimum Gasteiger partial charge on any atom is -0.0660 e. The van der Waals surface area contributed by atoms with Gasteiger partial charge in [0.2, 0.25) is 0 Å². The van der Waals surface area contributed by atoms with Crippen molar-refractivity contribution in [3.8, 4) is 0 Å². The van der Waals surface area contributed by atoms with E-state index in [2.05, 4.69) is 121 Å². The lowest BCUT2D eigenvalue weighted by molar-refractivity contribution is 0.736. The predicted octanol–water partition coefficient (Wildman–Crippen LogP) is 8.56. The van der Waals surface area contributed by atoms with Gasteiger partial charge in [-0.1, -0.05) is 132 Å². The molecule has 0 heterocycles. The normalized spacial score (nSPS) is 12.9. The third-order valence-electron chi connectivity index (χ3n) is 6.40. The van der Waals surface area contributed by atoms with Crippen LogP contribution in [0.1, 0.15) is 24.0 Å². The van der Waals surface area contributed by atoms with Gasteiger partial charge in [-0.2, -0.15) is 0 Å². The third kappa shape index (κ3) is 4.65. The summed E-state index contributed by atoms with van der Waals surface area (Å²) in [4.78, 5) is 0. The molecule has 156 valence electrons. The predicted molar refractivity (Wildman–Crippen MR) is 138 cm³/mol. The Hall–Kier alpha value is -3.64. The van der Waals surface area contributed by atoms with Crippen molar-refractivity contribution in [2.45, 2.75) is 25.7 Å². The van der Waals surface area contributed by atoms with Crippen molar-refractivity contribution in [3.63, 3.8) is 0 Å². The van der Waals surface area contributed by atoms with Crippen LogP contribution in [-0.4, -0.2) is 0 Å². The van der Waals surface area contributed by atoms with Crippen molar-refractivity contribution in [2.24, 2.45) is 0 Å². The Morgan fingerprint density at radius 3 is 1.16 bits per heavy atom. The zero-order valence-electron chi connectivity index (χ0n) is 18.4. The van der Waals surface area contributed by atoms with Gasteiger partial charge in [-0.25, -0.2) is 0 Å². The summed E-state index contributed by atoms with van der Waals surface area (Å²) in [6.07, 6.45) is 4.86. The highest BCUT2D eigenvalue weighted by Gasteiger charge is 2.17. The van der Waals surface area contributed by atoms with Crippen LogP contribution in [0.2, 0.25) is 0 Å². The molecule has 1 aliphatic carbocycles. The lowest BCUT2D eigenvalue weighted by Gasteiger charge is -2.24. The molecule has 6 rings (SSSR count). The second-order valence-corrected chi connectivity index (χ2v) is 8.54. The molecule has 0 unspecified atom stereocenters. The van der Waals surface area contributed by atoms with Gasteiger partial charge in [0.25, 0.3) is 0 Å². The molecule has 0 spiro atoms. The summed E-state index contributed by atoms with van der Waals surface area (Å²) in [6.45, 7) is 0. The van der Waals surface area contributed by atoms with Crippen LogP contribution in [0.4, 0.5) is 0 Å². The van der Waals surface area contributed by atoms with E-state index in [1.165, 1.54) is 45.5 Å². The van der Waals surface area contributed by atoms with Crippen LogP contribution in [0.3, 0.4) is 0 Å². The maximum atomic E-state index is 2.23. The van der Waals surface area contributed by atoms with E-state index in [0.29, 0.717) is 0 Å². The molecule has 5 aromatic rings. The lowest BCUT2D eigenvalue weighted by Crippen LogP contribution is -2.09. The Labute approximate surface area is 190 Å². The summed E-state index contributed by atoms with van der Waals surface area (Å²) in [5.41, 5.74) is 6.20. The van der Waals surface area contributed by atoms with Gasteiger partial charge in [0.1, 0.15) is 0 Å². The minimum atomic E-state index is 1.14. The van der Waals surface area contributed by atoms with E-state index in [-0.39, 0.29) is 0 Å². The molecular weight excluding hydrogens is 384 g/mol. The zero-order valence-corrected chi connectivity index (χ0v) is 18.4. The summed E-state index contributed by atoms with van der Waals surface area (Å²) < 4.78 is 0. The maximum absolute atomic E-state index is 2.23. The van der Waals surface area contributed by atoms with Gasteiger partial charge in [-0.05, 0) is 58.4 Å². The Balaban J connectivity index is 0.000000139. The fraction of sp³-hybridized carbons (Fsp3) is 0.125. The number of hydrogen-bond acceptors (Lipinski definition) is 0. The van der Waals surface area contributed by atoms with Gasteiger partial charge < -0.3 is 0 Å². The summed E-state index contributed by atoms with van der Waals surface area (Å²) in [5, 5.41) is 5.30. The molecule has 0 heteroatoms. The Bertz CT molecular complexity index is 1240. The molecule has 1 aliphatic rings. The Morgan fingerprint density at radius 1 is 0.375 bits per heavy atom. The van der Waals surface area contributed by atoms with Crippen molar-refractivity contribution in [1.29, 1.82) is 0 Å². The molecule has 0 amide bonds. The SMILES string of the molecule is c1ccc(CC2=C(Cc3ccccc3)CC2)cc1.c1ccc2c(c1)ccc1ccccc12. The molecule has 0 atom stereocenters. The van der Waals surface area contributed by atoms with Gasteiger partial charge >= 0.3 is 0 Å². The fourth-order valence-corrected chi connectivity index (χ4v) is 4.54. The van der Waals surface area contributed by atoms with Gasteiger partial charge in [-0.15, -0.1) is 0 Å². The van der Waals surface area contributed by atoms with E-state index in [0.717, 1.165) is 12.8 Å². The van der Waals surface area contributed by atoms with E-state index in [1.807, 2.05) is 0 Å². The highest BCUT2D eigenvalue weighted by molar-refractivity contribution is 6.07. The third-order valence-corrected chi connectivity index (χ3v) is 6.40. The molecular formula is C32H28. The first kappa shape index (κ1) is 20.3. The smallest absolute Gasteiger partial charge is 0.00642 e. The van der Waals surface area contributed by atoms with Crippen LogP contribution in [0.5, 0.6) is 0 Å². The van der Waals surface area contributed by atoms with Crippen molar-refractivity contribution in [3.05, 3.63) is 144 Å². The summed E-state index contributed by atoms with van der Waals surface area (Å²) in [5.74, 6) is 0. The van der Waals surface area contributed by atoms with Gasteiger partial charge in [0.15, 0.2) is 0 Å². The molecule has 0 N–H and O–H groups in total. The van der Waals surface area contributed by atoms with Crippen LogP contribution < -0.4 is 0 Å².